The van der Waals surface area contributed by atoms with Gasteiger partial charge >= 0.3 is 0 Å². The van der Waals surface area contributed by atoms with Crippen molar-refractivity contribution in [3.63, 3.8) is 0 Å². The van der Waals surface area contributed by atoms with Gasteiger partial charge in [-0.1, -0.05) is 18.2 Å². The van der Waals surface area contributed by atoms with Crippen LogP contribution in [0.25, 0.3) is 27.8 Å². The van der Waals surface area contributed by atoms with E-state index in [1.165, 1.54) is 18.5 Å². The van der Waals surface area contributed by atoms with Crippen molar-refractivity contribution < 1.29 is 13.9 Å². The number of fused-ring (bicyclic) bond motifs is 1. The van der Waals surface area contributed by atoms with E-state index in [-0.39, 0.29) is 5.82 Å². The second kappa shape index (κ2) is 9.76. The van der Waals surface area contributed by atoms with Gasteiger partial charge in [-0.2, -0.15) is 0 Å². The first kappa shape index (κ1) is 21.7. The summed E-state index contributed by atoms with van der Waals surface area (Å²) in [6.07, 6.45) is 3.35. The molecule has 0 saturated heterocycles. The maximum Gasteiger partial charge on any atom is 0.151 e. The SMILES string of the molecule is COCCN(C)CCOc1ccc(-c2cn(-c3cccc(F)c3)c3c(N)ncnc23)cc1. The fourth-order valence-electron chi connectivity index (χ4n) is 3.53. The van der Waals surface area contributed by atoms with Gasteiger partial charge in [-0.15, -0.1) is 0 Å². The van der Waals surface area contributed by atoms with E-state index in [0.717, 1.165) is 30.0 Å². The van der Waals surface area contributed by atoms with Crippen LogP contribution in [0.4, 0.5) is 10.2 Å². The molecule has 0 spiro atoms. The number of rotatable bonds is 9. The maximum atomic E-state index is 13.8. The topological polar surface area (TPSA) is 78.4 Å². The molecule has 0 aliphatic heterocycles. The van der Waals surface area contributed by atoms with Crippen molar-refractivity contribution in [3.8, 4) is 22.6 Å². The van der Waals surface area contributed by atoms with Crippen LogP contribution in [0.2, 0.25) is 0 Å². The van der Waals surface area contributed by atoms with Gasteiger partial charge in [0.05, 0.1) is 6.61 Å². The second-order valence-electron chi connectivity index (χ2n) is 7.52. The van der Waals surface area contributed by atoms with Crippen LogP contribution in [-0.2, 0) is 4.74 Å². The Morgan fingerprint density at radius 3 is 2.59 bits per heavy atom. The zero-order valence-corrected chi connectivity index (χ0v) is 18.2. The molecule has 4 rings (SSSR count). The van der Waals surface area contributed by atoms with Crippen LogP contribution in [-0.4, -0.2) is 59.9 Å². The van der Waals surface area contributed by atoms with Gasteiger partial charge in [0, 0.05) is 37.6 Å². The summed E-state index contributed by atoms with van der Waals surface area (Å²) >= 11 is 0. The highest BCUT2D eigenvalue weighted by Gasteiger charge is 2.16. The van der Waals surface area contributed by atoms with Crippen LogP contribution >= 0.6 is 0 Å². The van der Waals surface area contributed by atoms with Crippen LogP contribution in [0.1, 0.15) is 0 Å². The molecule has 4 aromatic rings. The van der Waals surface area contributed by atoms with Gasteiger partial charge in [-0.3, -0.25) is 0 Å². The lowest BCUT2D eigenvalue weighted by atomic mass is 10.1. The highest BCUT2D eigenvalue weighted by Crippen LogP contribution is 2.34. The first-order chi connectivity index (χ1) is 15.6. The van der Waals surface area contributed by atoms with Crippen LogP contribution in [0.5, 0.6) is 5.75 Å². The third-order valence-electron chi connectivity index (χ3n) is 5.28. The van der Waals surface area contributed by atoms with Crippen molar-refractivity contribution in [2.45, 2.75) is 0 Å². The highest BCUT2D eigenvalue weighted by atomic mass is 19.1. The molecular formula is C24H26FN5O2. The Morgan fingerprint density at radius 1 is 1.06 bits per heavy atom. The van der Waals surface area contributed by atoms with Crippen molar-refractivity contribution >= 4 is 16.9 Å². The Hall–Kier alpha value is -3.49. The Labute approximate surface area is 186 Å². The van der Waals surface area contributed by atoms with Crippen LogP contribution < -0.4 is 10.5 Å². The maximum absolute atomic E-state index is 13.8. The van der Waals surface area contributed by atoms with Crippen molar-refractivity contribution in [3.05, 3.63) is 66.9 Å². The van der Waals surface area contributed by atoms with Crippen molar-refractivity contribution in [2.75, 3.05) is 46.2 Å². The molecule has 2 aromatic heterocycles. The van der Waals surface area contributed by atoms with E-state index in [9.17, 15) is 4.39 Å². The van der Waals surface area contributed by atoms with Crippen LogP contribution in [0.3, 0.4) is 0 Å². The number of nitrogens with two attached hydrogens (primary N) is 1. The number of hydrogen-bond donors (Lipinski definition) is 1. The molecule has 0 fully saturated rings. The number of likely N-dealkylation sites (N-methyl/N-ethyl adjacent to an activating group) is 1. The molecule has 0 atom stereocenters. The summed E-state index contributed by atoms with van der Waals surface area (Å²) in [6, 6.07) is 14.2. The average molecular weight is 436 g/mol. The minimum Gasteiger partial charge on any atom is -0.492 e. The van der Waals surface area contributed by atoms with Crippen molar-refractivity contribution in [1.82, 2.24) is 19.4 Å². The fraction of sp³-hybridized carbons (Fsp3) is 0.250. The van der Waals surface area contributed by atoms with E-state index < -0.39 is 0 Å². The van der Waals surface area contributed by atoms with E-state index in [1.807, 2.05) is 48.1 Å². The molecule has 2 N–H and O–H groups in total. The molecule has 0 radical (unpaired) electrons. The van der Waals surface area contributed by atoms with E-state index in [0.29, 0.717) is 35.8 Å². The number of ether oxygens (including phenoxy) is 2. The smallest absolute Gasteiger partial charge is 0.151 e. The first-order valence-corrected chi connectivity index (χ1v) is 10.3. The number of nitrogens with zero attached hydrogens (tertiary/aromatic N) is 4. The summed E-state index contributed by atoms with van der Waals surface area (Å²) in [5, 5.41) is 0. The minimum atomic E-state index is -0.323. The van der Waals surface area contributed by atoms with E-state index >= 15 is 0 Å². The molecule has 32 heavy (non-hydrogen) atoms. The average Bonchev–Trinajstić information content (AvgIpc) is 3.19. The van der Waals surface area contributed by atoms with Gasteiger partial charge in [-0.25, -0.2) is 14.4 Å². The third-order valence-corrected chi connectivity index (χ3v) is 5.28. The summed E-state index contributed by atoms with van der Waals surface area (Å²) < 4.78 is 26.6. The number of benzene rings is 2. The lowest BCUT2D eigenvalue weighted by Gasteiger charge is -2.16. The summed E-state index contributed by atoms with van der Waals surface area (Å²) in [7, 11) is 3.73. The number of aromatic nitrogens is 3. The molecule has 8 heteroatoms. The van der Waals surface area contributed by atoms with Crippen LogP contribution in [0, 0.1) is 5.82 Å². The second-order valence-corrected chi connectivity index (χ2v) is 7.52. The van der Waals surface area contributed by atoms with Crippen molar-refractivity contribution in [2.24, 2.45) is 0 Å². The molecule has 0 aliphatic rings. The van der Waals surface area contributed by atoms with Gasteiger partial charge in [0.25, 0.3) is 0 Å². The highest BCUT2D eigenvalue weighted by molar-refractivity contribution is 5.98. The lowest BCUT2D eigenvalue weighted by Crippen LogP contribution is -2.27. The van der Waals surface area contributed by atoms with Crippen molar-refractivity contribution in [1.29, 1.82) is 0 Å². The Kier molecular flexibility index (Phi) is 6.63. The molecule has 0 aliphatic carbocycles. The number of methoxy groups -OCH3 is 1. The number of hydrogen-bond acceptors (Lipinski definition) is 6. The summed E-state index contributed by atoms with van der Waals surface area (Å²) in [5.74, 6) is 0.802. The quantitative estimate of drug-likeness (QED) is 0.431. The summed E-state index contributed by atoms with van der Waals surface area (Å²) in [5.41, 5.74) is 9.99. The first-order valence-electron chi connectivity index (χ1n) is 10.3. The molecule has 2 aromatic carbocycles. The van der Waals surface area contributed by atoms with E-state index in [1.54, 1.807) is 13.2 Å². The molecule has 0 amide bonds. The predicted octanol–water partition coefficient (Wildman–Crippen LogP) is 3.77. The number of nitrogen functional groups attached to an aromatic ring is 1. The minimum absolute atomic E-state index is 0.323. The third kappa shape index (κ3) is 4.71. The van der Waals surface area contributed by atoms with Crippen LogP contribution in [0.15, 0.2) is 61.1 Å². The fourth-order valence-corrected chi connectivity index (χ4v) is 3.53. The lowest BCUT2D eigenvalue weighted by molar-refractivity contribution is 0.150. The number of halogens is 1. The number of anilines is 1. The summed E-state index contributed by atoms with van der Waals surface area (Å²) in [4.78, 5) is 10.7. The predicted molar refractivity (Wildman–Crippen MR) is 124 cm³/mol. The monoisotopic (exact) mass is 435 g/mol. The Morgan fingerprint density at radius 2 is 1.84 bits per heavy atom. The molecule has 0 bridgehead atoms. The van der Waals surface area contributed by atoms with Gasteiger partial charge in [-0.05, 0) is 42.9 Å². The summed E-state index contributed by atoms with van der Waals surface area (Å²) in [6.45, 7) is 2.95. The van der Waals surface area contributed by atoms with E-state index in [2.05, 4.69) is 14.9 Å². The zero-order valence-electron chi connectivity index (χ0n) is 18.2. The Balaban J connectivity index is 1.58. The molecule has 7 nitrogen and oxygen atoms in total. The molecule has 0 unspecified atom stereocenters. The van der Waals surface area contributed by atoms with E-state index in [4.69, 9.17) is 15.2 Å². The van der Waals surface area contributed by atoms with Gasteiger partial charge in [0.15, 0.2) is 5.82 Å². The molecule has 2 heterocycles. The van der Waals surface area contributed by atoms with Gasteiger partial charge in [0.2, 0.25) is 0 Å². The normalized spacial score (nSPS) is 11.4. The standard InChI is InChI=1S/C24H26FN5O2/c1-29(10-12-31-2)11-13-32-20-8-6-17(7-9-20)21-15-30(19-5-3-4-18(25)14-19)23-22(21)27-16-28-24(23)26/h3-9,14-16H,10-13H2,1-2H3,(H2,26,27,28). The molecule has 0 saturated carbocycles. The molecule has 166 valence electrons. The van der Waals surface area contributed by atoms with Gasteiger partial charge < -0.3 is 24.7 Å². The largest absolute Gasteiger partial charge is 0.492 e. The molecular weight excluding hydrogens is 409 g/mol. The zero-order chi connectivity index (χ0) is 22.5. The Bertz CT molecular complexity index is 1190. The van der Waals surface area contributed by atoms with Gasteiger partial charge in [0.1, 0.15) is 35.5 Å².